The molecule has 0 saturated heterocycles. The minimum absolute atomic E-state index is 0.0755. The number of fused-ring (bicyclic) bond motifs is 1. The van der Waals surface area contributed by atoms with Gasteiger partial charge in [-0.2, -0.15) is 0 Å². The molecular weight excluding hydrogens is 419 g/mol. The largest absolute Gasteiger partial charge is 0.573 e. The standard InChI is InChI=1S/C21H23BrF3NO/c1-5-26-7-6-20(3,4)18-8-13(2)17(12-19(18)26)14-9-15(22)11-16(10-14)27-21(23,24)25/h8-12H,5-7H2,1-4H3. The van der Waals surface area contributed by atoms with Crippen LogP contribution in [0.4, 0.5) is 18.9 Å². The molecule has 0 fully saturated rings. The Labute approximate surface area is 166 Å². The van der Waals surface area contributed by atoms with E-state index in [4.69, 9.17) is 0 Å². The SMILES string of the molecule is CCN1CCC(C)(C)c2cc(C)c(-c3cc(Br)cc(OC(F)(F)F)c3)cc21. The van der Waals surface area contributed by atoms with E-state index < -0.39 is 6.36 Å². The molecule has 0 aromatic heterocycles. The molecule has 2 aromatic carbocycles. The number of aryl methyl sites for hydroxylation is 1. The zero-order valence-corrected chi connectivity index (χ0v) is 17.5. The van der Waals surface area contributed by atoms with Crippen molar-refractivity contribution >= 4 is 21.6 Å². The van der Waals surface area contributed by atoms with Gasteiger partial charge >= 0.3 is 6.36 Å². The lowest BCUT2D eigenvalue weighted by Gasteiger charge is -2.40. The number of benzene rings is 2. The van der Waals surface area contributed by atoms with Crippen LogP contribution in [0.15, 0.2) is 34.8 Å². The highest BCUT2D eigenvalue weighted by atomic mass is 79.9. The molecule has 1 aliphatic rings. The Morgan fingerprint density at radius 2 is 1.85 bits per heavy atom. The fourth-order valence-electron chi connectivity index (χ4n) is 3.72. The first kappa shape index (κ1) is 20.1. The zero-order valence-electron chi connectivity index (χ0n) is 15.9. The Morgan fingerprint density at radius 3 is 2.48 bits per heavy atom. The maximum atomic E-state index is 12.6. The Bertz CT molecular complexity index is 861. The van der Waals surface area contributed by atoms with Gasteiger partial charge in [0.2, 0.25) is 0 Å². The summed E-state index contributed by atoms with van der Waals surface area (Å²) in [6.07, 6.45) is -3.64. The lowest BCUT2D eigenvalue weighted by molar-refractivity contribution is -0.274. The van der Waals surface area contributed by atoms with Crippen molar-refractivity contribution in [1.29, 1.82) is 0 Å². The van der Waals surface area contributed by atoms with E-state index in [1.807, 2.05) is 13.0 Å². The topological polar surface area (TPSA) is 12.5 Å². The third kappa shape index (κ3) is 4.26. The molecule has 0 bridgehead atoms. The Balaban J connectivity index is 2.13. The maximum Gasteiger partial charge on any atom is 0.573 e. The van der Waals surface area contributed by atoms with Crippen LogP contribution in [0.25, 0.3) is 11.1 Å². The van der Waals surface area contributed by atoms with Gasteiger partial charge in [-0.25, -0.2) is 0 Å². The van der Waals surface area contributed by atoms with Crippen LogP contribution in [0, 0.1) is 6.92 Å². The van der Waals surface area contributed by atoms with E-state index in [1.165, 1.54) is 17.7 Å². The average Bonchev–Trinajstić information content (AvgIpc) is 2.53. The summed E-state index contributed by atoms with van der Waals surface area (Å²) in [5.74, 6) is -0.225. The Kier molecular flexibility index (Phi) is 5.23. The number of ether oxygens (including phenoxy) is 1. The maximum absolute atomic E-state index is 12.6. The van der Waals surface area contributed by atoms with Crippen LogP contribution < -0.4 is 9.64 Å². The van der Waals surface area contributed by atoms with Gasteiger partial charge in [-0.15, -0.1) is 13.2 Å². The molecule has 0 N–H and O–H groups in total. The number of halogens is 4. The fraction of sp³-hybridized carbons (Fsp3) is 0.429. The molecule has 3 rings (SSSR count). The van der Waals surface area contributed by atoms with Gasteiger partial charge < -0.3 is 9.64 Å². The van der Waals surface area contributed by atoms with Crippen LogP contribution in [-0.4, -0.2) is 19.5 Å². The number of hydrogen-bond acceptors (Lipinski definition) is 2. The molecule has 6 heteroatoms. The van der Waals surface area contributed by atoms with E-state index in [1.54, 1.807) is 0 Å². The summed E-state index contributed by atoms with van der Waals surface area (Å²) in [4.78, 5) is 2.33. The van der Waals surface area contributed by atoms with Crippen LogP contribution in [0.3, 0.4) is 0 Å². The van der Waals surface area contributed by atoms with Crippen LogP contribution in [-0.2, 0) is 5.41 Å². The van der Waals surface area contributed by atoms with Gasteiger partial charge in [0.1, 0.15) is 5.75 Å². The van der Waals surface area contributed by atoms with E-state index in [9.17, 15) is 13.2 Å². The summed E-state index contributed by atoms with van der Waals surface area (Å²) < 4.78 is 42.6. The molecule has 1 aliphatic heterocycles. The Hall–Kier alpha value is -1.69. The molecule has 0 atom stereocenters. The molecule has 0 saturated carbocycles. The summed E-state index contributed by atoms with van der Waals surface area (Å²) >= 11 is 3.30. The number of hydrogen-bond donors (Lipinski definition) is 0. The normalized spacial score (nSPS) is 16.2. The summed E-state index contributed by atoms with van der Waals surface area (Å²) in [5.41, 5.74) is 5.18. The molecule has 0 amide bonds. The first-order valence-electron chi connectivity index (χ1n) is 8.97. The van der Waals surface area contributed by atoms with E-state index in [0.29, 0.717) is 10.0 Å². The summed E-state index contributed by atoms with van der Waals surface area (Å²) in [6, 6.07) is 8.87. The van der Waals surface area contributed by atoms with Crippen LogP contribution in [0.5, 0.6) is 5.75 Å². The van der Waals surface area contributed by atoms with Crippen molar-refractivity contribution in [2.75, 3.05) is 18.0 Å². The predicted molar refractivity (Wildman–Crippen MR) is 107 cm³/mol. The average molecular weight is 442 g/mol. The third-order valence-electron chi connectivity index (χ3n) is 5.22. The first-order valence-corrected chi connectivity index (χ1v) is 9.76. The number of anilines is 1. The molecule has 146 valence electrons. The molecular formula is C21H23BrF3NO. The minimum atomic E-state index is -4.72. The van der Waals surface area contributed by atoms with Crippen molar-refractivity contribution in [3.05, 3.63) is 45.9 Å². The van der Waals surface area contributed by atoms with Gasteiger partial charge in [0.25, 0.3) is 0 Å². The van der Waals surface area contributed by atoms with Crippen molar-refractivity contribution in [1.82, 2.24) is 0 Å². The van der Waals surface area contributed by atoms with Gasteiger partial charge in [0.05, 0.1) is 0 Å². The molecule has 1 heterocycles. The van der Waals surface area contributed by atoms with Gasteiger partial charge in [0, 0.05) is 23.2 Å². The van der Waals surface area contributed by atoms with Crippen molar-refractivity contribution in [3.8, 4) is 16.9 Å². The highest BCUT2D eigenvalue weighted by molar-refractivity contribution is 9.10. The van der Waals surface area contributed by atoms with Crippen molar-refractivity contribution < 1.29 is 17.9 Å². The minimum Gasteiger partial charge on any atom is -0.406 e. The Morgan fingerprint density at radius 1 is 1.15 bits per heavy atom. The second kappa shape index (κ2) is 7.04. The molecule has 0 unspecified atom stereocenters. The van der Waals surface area contributed by atoms with Gasteiger partial charge in [-0.05, 0) is 72.2 Å². The second-order valence-electron chi connectivity index (χ2n) is 7.62. The quantitative estimate of drug-likeness (QED) is 0.517. The van der Waals surface area contributed by atoms with Crippen molar-refractivity contribution in [2.45, 2.75) is 45.9 Å². The van der Waals surface area contributed by atoms with Crippen LogP contribution in [0.2, 0.25) is 0 Å². The summed E-state index contributed by atoms with van der Waals surface area (Å²) in [5, 5.41) is 0. The van der Waals surface area contributed by atoms with Crippen molar-refractivity contribution in [3.63, 3.8) is 0 Å². The van der Waals surface area contributed by atoms with Crippen LogP contribution in [0.1, 0.15) is 38.3 Å². The van der Waals surface area contributed by atoms with Crippen molar-refractivity contribution in [2.24, 2.45) is 0 Å². The van der Waals surface area contributed by atoms with Gasteiger partial charge in [-0.3, -0.25) is 0 Å². The van der Waals surface area contributed by atoms with E-state index in [-0.39, 0.29) is 11.2 Å². The van der Waals surface area contributed by atoms with Crippen LogP contribution >= 0.6 is 15.9 Å². The highest BCUT2D eigenvalue weighted by Crippen LogP contribution is 2.43. The summed E-state index contributed by atoms with van der Waals surface area (Å²) in [6.45, 7) is 10.5. The summed E-state index contributed by atoms with van der Waals surface area (Å²) in [7, 11) is 0. The second-order valence-corrected chi connectivity index (χ2v) is 8.54. The molecule has 0 spiro atoms. The van der Waals surface area contributed by atoms with Gasteiger partial charge in [0.15, 0.2) is 0 Å². The smallest absolute Gasteiger partial charge is 0.406 e. The van der Waals surface area contributed by atoms with E-state index in [0.717, 1.165) is 36.3 Å². The first-order chi connectivity index (χ1) is 12.5. The van der Waals surface area contributed by atoms with E-state index >= 15 is 0 Å². The lowest BCUT2D eigenvalue weighted by atomic mass is 9.76. The van der Waals surface area contributed by atoms with Gasteiger partial charge in [-0.1, -0.05) is 35.8 Å². The predicted octanol–water partition coefficient (Wildman–Crippen LogP) is 6.83. The van der Waals surface area contributed by atoms with E-state index in [2.05, 4.69) is 58.5 Å². The zero-order chi connectivity index (χ0) is 20.0. The third-order valence-corrected chi connectivity index (χ3v) is 5.67. The monoisotopic (exact) mass is 441 g/mol. The molecule has 2 nitrogen and oxygen atoms in total. The molecule has 27 heavy (non-hydrogen) atoms. The fourth-order valence-corrected chi connectivity index (χ4v) is 4.19. The number of nitrogens with zero attached hydrogens (tertiary/aromatic N) is 1. The molecule has 0 aliphatic carbocycles. The molecule has 2 aromatic rings. The number of alkyl halides is 3. The lowest BCUT2D eigenvalue weighted by Crippen LogP contribution is -2.37. The molecule has 0 radical (unpaired) electrons. The highest BCUT2D eigenvalue weighted by Gasteiger charge is 2.33. The number of rotatable bonds is 3.